The smallest absolute Gasteiger partial charge is 0.359 e. The van der Waals surface area contributed by atoms with E-state index >= 15 is 0 Å². The summed E-state index contributed by atoms with van der Waals surface area (Å²) in [6.07, 6.45) is 7.72. The number of hydrogen-bond donors (Lipinski definition) is 12. The molecule has 0 saturated heterocycles. The maximum atomic E-state index is 12.0. The van der Waals surface area contributed by atoms with E-state index in [9.17, 15) is 51.9 Å². The van der Waals surface area contributed by atoms with Crippen molar-refractivity contribution >= 4 is 106 Å². The van der Waals surface area contributed by atoms with Crippen LogP contribution in [0.25, 0.3) is 0 Å². The van der Waals surface area contributed by atoms with E-state index in [2.05, 4.69) is 45.4 Å². The molecule has 2 aromatic heterocycles. The Morgan fingerprint density at radius 3 is 1.04 bits per heavy atom. The van der Waals surface area contributed by atoms with E-state index < -0.39 is 45.6 Å². The number of nitrogens with one attached hydrogen (secondary N) is 5. The summed E-state index contributed by atoms with van der Waals surface area (Å²) >= 11 is 0. The monoisotopic (exact) mass is 1620 g/mol. The summed E-state index contributed by atoms with van der Waals surface area (Å²) in [7, 11) is -22.5. The molecule has 8 aromatic rings. The summed E-state index contributed by atoms with van der Waals surface area (Å²) in [6, 6.07) is 48.4. The lowest BCUT2D eigenvalue weighted by molar-refractivity contribution is 0.211. The number of aromatic nitrogens is 1. The molecule has 8 rings (SSSR count). The van der Waals surface area contributed by atoms with Gasteiger partial charge >= 0.3 is 45.6 Å². The third-order valence-corrected chi connectivity index (χ3v) is 22.7. The molecule has 5 atom stereocenters. The molecule has 12 N–H and O–H groups in total. The van der Waals surface area contributed by atoms with Crippen LogP contribution in [0.2, 0.25) is 0 Å². The van der Waals surface area contributed by atoms with Gasteiger partial charge in [0.1, 0.15) is 5.76 Å². The summed E-state index contributed by atoms with van der Waals surface area (Å²) in [5.41, 5.74) is 6.57. The van der Waals surface area contributed by atoms with E-state index in [0.717, 1.165) is 77.6 Å². The van der Waals surface area contributed by atoms with Crippen molar-refractivity contribution in [2.75, 3.05) is 46.3 Å². The first-order valence-corrected chi connectivity index (χ1v) is 44.5. The minimum Gasteiger partial charge on any atom is -0.467 e. The van der Waals surface area contributed by atoms with Crippen molar-refractivity contribution in [1.29, 1.82) is 0 Å². The number of nitrogens with zero attached hydrogens (tertiary/aromatic N) is 1. The number of rotatable bonds is 33. The second-order valence-electron chi connectivity index (χ2n) is 26.1. The Kier molecular flexibility index (Phi) is 46.0. The maximum Gasteiger partial charge on any atom is 0.359 e. The van der Waals surface area contributed by atoms with Crippen LogP contribution < -0.4 is 58.4 Å². The summed E-state index contributed by atoms with van der Waals surface area (Å²) < 4.78 is 101. The number of unbranched alkanes of at least 4 members (excludes halogenated alkanes) is 2. The SMILES string of the molecule is C.C.CC(C)Nc1ccc(P(=O)(O)OC(C)C)cc1.CC(C)OP(=O)(O)c1ccc(NCc2cccnc2)cc1.CC(C)OP(=O)(O)c1ccc(NCc2ccco2)cc1.CCCCOP(=O)(O)c1ccc(NC(C)C)cc1.CCCCOP(=O)(O)c1ccc(NCC(C)C)cc1.Cc1ccc(P(=O)(O)O)cc1. The van der Waals surface area contributed by atoms with E-state index in [0.29, 0.717) is 65.5 Å². The standard InChI is InChI=1S/C15H19N2O3P.C14H18NO4P.C14H24NO3P.C13H22NO3P.C12H20NO3P.C7H9O3P.2CH4/c1-12(2)20-21(18,19)15-7-5-14(6-8-15)17-11-13-4-3-9-16-10-13;1-11(2)19-20(16,17)14-7-5-12(6-8-14)15-10-13-4-3-9-18-13;1-4-5-10-18-19(16,17)14-8-6-13(7-9-14)15-11-12(2)3;1-4-5-10-17-18(15,16)13-8-6-12(7-9-13)14-11(2)3;1-9(2)13-11-5-7-12(8-6-11)17(14,15)16-10(3)4;1-6-2-4-7(5-3-6)11(8,9)10;;/h3-10,12,17H,11H2,1-2H3,(H,18,19);3-9,11,15H,10H2,1-2H3,(H,16,17);6-9,12,15H,4-5,10-11H2,1-3H3,(H,16,17);6-9,11,14H,4-5,10H2,1-3H3,(H,15,16);5-10,13H,1-4H3,(H,14,15);2-5H,1H3,(H2,8,9,10);2*1H4. The topological polar surface area (TPSA) is 376 Å². The molecule has 0 amide bonds. The quantitative estimate of drug-likeness (QED) is 0.0134. The van der Waals surface area contributed by atoms with Crippen LogP contribution in [0.3, 0.4) is 0 Å². The van der Waals surface area contributed by atoms with E-state index in [1.54, 1.807) is 182 Å². The van der Waals surface area contributed by atoms with Gasteiger partial charge in [0, 0.05) is 66.0 Å². The van der Waals surface area contributed by atoms with Gasteiger partial charge in [-0.15, -0.1) is 0 Å². The number of hydrogen-bond acceptors (Lipinski definition) is 18. The lowest BCUT2D eigenvalue weighted by atomic mass is 10.2. The second kappa shape index (κ2) is 49.8. The predicted molar refractivity (Wildman–Crippen MR) is 445 cm³/mol. The number of furan rings is 1. The van der Waals surface area contributed by atoms with Gasteiger partial charge < -0.3 is 87.9 Å². The fraction of sp³-hybridized carbons (Fsp3) is 0.416. The Morgan fingerprint density at radius 2 is 0.741 bits per heavy atom. The number of anilines is 5. The van der Waals surface area contributed by atoms with E-state index in [1.165, 1.54) is 12.1 Å². The van der Waals surface area contributed by atoms with Gasteiger partial charge in [0.15, 0.2) is 0 Å². The van der Waals surface area contributed by atoms with Crippen LogP contribution in [-0.2, 0) is 63.1 Å². The molecular weight excluding hydrogens is 1500 g/mol. The molecule has 5 unspecified atom stereocenters. The zero-order valence-electron chi connectivity index (χ0n) is 63.4. The third-order valence-electron chi connectivity index (χ3n) is 13.8. The molecule has 0 radical (unpaired) electrons. The third kappa shape index (κ3) is 40.5. The number of aryl methyl sites for hydroxylation is 1. The van der Waals surface area contributed by atoms with Crippen LogP contribution in [0.5, 0.6) is 0 Å². The highest BCUT2D eigenvalue weighted by atomic mass is 31.2. The van der Waals surface area contributed by atoms with Gasteiger partial charge in [0.2, 0.25) is 0 Å². The van der Waals surface area contributed by atoms with Crippen molar-refractivity contribution in [3.63, 3.8) is 0 Å². The Morgan fingerprint density at radius 1 is 0.407 bits per heavy atom. The van der Waals surface area contributed by atoms with Crippen molar-refractivity contribution in [2.24, 2.45) is 5.92 Å². The highest BCUT2D eigenvalue weighted by Crippen LogP contribution is 2.45. The molecule has 0 bridgehead atoms. The molecular formula is C77H120N6O19P6. The fourth-order valence-electron chi connectivity index (χ4n) is 8.69. The van der Waals surface area contributed by atoms with Crippen LogP contribution in [0.1, 0.15) is 154 Å². The molecule has 108 heavy (non-hydrogen) atoms. The summed E-state index contributed by atoms with van der Waals surface area (Å²) in [6.45, 7) is 31.4. The predicted octanol–water partition coefficient (Wildman–Crippen LogP) is 17.4. The van der Waals surface area contributed by atoms with Crippen LogP contribution in [0, 0.1) is 12.8 Å². The minimum absolute atomic E-state index is 0. The van der Waals surface area contributed by atoms with E-state index in [1.807, 2.05) is 84.9 Å². The molecule has 0 saturated carbocycles. The van der Waals surface area contributed by atoms with Gasteiger partial charge in [-0.2, -0.15) is 0 Å². The van der Waals surface area contributed by atoms with Crippen molar-refractivity contribution in [3.05, 3.63) is 205 Å². The van der Waals surface area contributed by atoms with Crippen LogP contribution in [-0.4, -0.2) is 89.4 Å². The average molecular weight is 1620 g/mol. The van der Waals surface area contributed by atoms with Gasteiger partial charge in [0.05, 0.1) is 76.2 Å². The molecule has 31 heteroatoms. The second-order valence-corrected chi connectivity index (χ2v) is 36.6. The largest absolute Gasteiger partial charge is 0.467 e. The van der Waals surface area contributed by atoms with Crippen molar-refractivity contribution in [2.45, 2.75) is 188 Å². The Hall–Kier alpha value is -6.35. The van der Waals surface area contributed by atoms with Crippen molar-refractivity contribution in [3.8, 4) is 0 Å². The normalized spacial score (nSPS) is 13.8. The summed E-state index contributed by atoms with van der Waals surface area (Å²) in [5, 5.41) is 17.7. The molecule has 0 spiro atoms. The minimum atomic E-state index is -4.04. The molecule has 6 aromatic carbocycles. The van der Waals surface area contributed by atoms with Crippen molar-refractivity contribution in [1.82, 2.24) is 4.98 Å². The van der Waals surface area contributed by atoms with Gasteiger partial charge in [-0.1, -0.05) is 79.2 Å². The van der Waals surface area contributed by atoms with E-state index in [-0.39, 0.29) is 43.8 Å². The zero-order valence-corrected chi connectivity index (χ0v) is 68.8. The Bertz CT molecular complexity index is 4040. The zero-order chi connectivity index (χ0) is 79.3. The molecule has 0 aliphatic rings. The highest BCUT2D eigenvalue weighted by Gasteiger charge is 2.28. The first-order valence-electron chi connectivity index (χ1n) is 35.0. The summed E-state index contributed by atoms with van der Waals surface area (Å²) in [5.74, 6) is 1.38. The molecule has 0 aliphatic carbocycles. The first-order chi connectivity index (χ1) is 49.7. The summed E-state index contributed by atoms with van der Waals surface area (Å²) in [4.78, 5) is 70.5. The Balaban J connectivity index is 0.000000651. The lowest BCUT2D eigenvalue weighted by Gasteiger charge is -2.16. The van der Waals surface area contributed by atoms with Crippen LogP contribution >= 0.6 is 45.6 Å². The van der Waals surface area contributed by atoms with Gasteiger partial charge in [-0.25, -0.2) is 0 Å². The molecule has 25 nitrogen and oxygen atoms in total. The van der Waals surface area contributed by atoms with E-state index in [4.69, 9.17) is 36.8 Å². The van der Waals surface area contributed by atoms with Gasteiger partial charge in [-0.05, 0) is 252 Å². The van der Waals surface area contributed by atoms with Gasteiger partial charge in [-0.3, -0.25) is 32.4 Å². The van der Waals surface area contributed by atoms with Gasteiger partial charge in [0.25, 0.3) is 0 Å². The molecule has 2 heterocycles. The van der Waals surface area contributed by atoms with Crippen LogP contribution in [0.15, 0.2) is 193 Å². The highest BCUT2D eigenvalue weighted by molar-refractivity contribution is 7.62. The molecule has 0 aliphatic heterocycles. The number of benzene rings is 6. The average Bonchev–Trinajstić information content (AvgIpc) is 0.941. The Labute approximate surface area is 641 Å². The lowest BCUT2D eigenvalue weighted by Crippen LogP contribution is -2.13. The first kappa shape index (κ1) is 99.7. The molecule has 602 valence electrons. The van der Waals surface area contributed by atoms with Crippen LogP contribution in [0.4, 0.5) is 28.4 Å². The number of pyridine rings is 1. The molecule has 0 fully saturated rings. The maximum absolute atomic E-state index is 12.0. The van der Waals surface area contributed by atoms with Crippen molar-refractivity contribution < 1.29 is 88.7 Å². The fourth-order valence-corrected chi connectivity index (χ4v) is 15.0.